The summed E-state index contributed by atoms with van der Waals surface area (Å²) in [5.74, 6) is 0. The minimum Gasteiger partial charge on any atom is -0.412 e. The van der Waals surface area contributed by atoms with Gasteiger partial charge in [-0.1, -0.05) is 0 Å². The first-order valence-corrected chi connectivity index (χ1v) is 0. The summed E-state index contributed by atoms with van der Waals surface area (Å²) in [6.07, 6.45) is 0. The first kappa shape index (κ1) is 740. The van der Waals surface area contributed by atoms with Gasteiger partial charge in [-0.25, -0.2) is 0 Å². The Morgan fingerprint density at radius 3 is 0.400 bits per heavy atom. The summed E-state index contributed by atoms with van der Waals surface area (Å²) in [7, 11) is 0. The fourth-order valence-electron chi connectivity index (χ4n) is 0. The summed E-state index contributed by atoms with van der Waals surface area (Å²) in [6, 6.07) is 0. The quantitative estimate of drug-likeness (QED) is 0.320. The molecule has 0 saturated heterocycles. The zero-order chi connectivity index (χ0) is 0. The van der Waals surface area contributed by atoms with Gasteiger partial charge in [0, 0.05) is 0 Å². The van der Waals surface area contributed by atoms with E-state index in [1.165, 1.54) is 0 Å². The fourth-order valence-corrected chi connectivity index (χ4v) is 0. The van der Waals surface area contributed by atoms with Gasteiger partial charge >= 0.3 is 17.4 Å². The molecule has 0 aromatic heterocycles. The van der Waals surface area contributed by atoms with Crippen molar-refractivity contribution in [2.75, 3.05) is 0 Å². The molecule has 0 atom stereocenters. The third-order valence-electron chi connectivity index (χ3n) is 0. The molecule has 0 amide bonds. The van der Waals surface area contributed by atoms with Gasteiger partial charge < -0.3 is 21.9 Å². The molecule has 0 aliphatic carbocycles. The summed E-state index contributed by atoms with van der Waals surface area (Å²) in [4.78, 5) is 0. The van der Waals surface area contributed by atoms with Crippen LogP contribution in [0.5, 0.6) is 0 Å². The second kappa shape index (κ2) is 358. The van der Waals surface area contributed by atoms with Crippen molar-refractivity contribution >= 4 is 0 Å². The largest absolute Gasteiger partial charge is 3.00 e. The molecule has 0 spiro atoms. The van der Waals surface area contributed by atoms with Crippen molar-refractivity contribution in [3.05, 3.63) is 0 Å². The Bertz CT molecular complexity index is 3.61. The molecule has 0 rings (SSSR count). The number of hydrogen-bond donors (Lipinski definition) is 0. The second-order valence-electron chi connectivity index (χ2n) is 0. The van der Waals surface area contributed by atoms with Gasteiger partial charge in [0.25, 0.3) is 0 Å². The first-order valence-electron chi connectivity index (χ1n) is 0. The molecule has 0 aromatic carbocycles. The van der Waals surface area contributed by atoms with Gasteiger partial charge in [-0.2, -0.15) is 0 Å². The molecular formula is H8CrO4+3. The van der Waals surface area contributed by atoms with E-state index in [-0.39, 0.29) is 39.3 Å². The minimum atomic E-state index is 0. The van der Waals surface area contributed by atoms with E-state index in [1.54, 1.807) is 0 Å². The zero-order valence-corrected chi connectivity index (χ0v) is 3.68. The monoisotopic (exact) mass is 124 g/mol. The van der Waals surface area contributed by atoms with Crippen molar-refractivity contribution in [2.24, 2.45) is 0 Å². The van der Waals surface area contributed by atoms with Crippen LogP contribution in [0.25, 0.3) is 0 Å². The molecule has 5 heteroatoms. The van der Waals surface area contributed by atoms with Crippen molar-refractivity contribution in [1.82, 2.24) is 0 Å². The Morgan fingerprint density at radius 2 is 0.400 bits per heavy atom. The predicted octanol–water partition coefficient (Wildman–Crippen LogP) is -3.30. The average molecular weight is 124 g/mol. The van der Waals surface area contributed by atoms with E-state index in [4.69, 9.17) is 0 Å². The van der Waals surface area contributed by atoms with Crippen LogP contribution < -0.4 is 0 Å². The molecule has 0 heterocycles. The molecule has 0 aliphatic rings. The van der Waals surface area contributed by atoms with Gasteiger partial charge in [0.2, 0.25) is 0 Å². The topological polar surface area (TPSA) is 126 Å². The molecule has 0 unspecified atom stereocenters. The van der Waals surface area contributed by atoms with Crippen LogP contribution in [0.15, 0.2) is 0 Å². The fraction of sp³-hybridized carbons (Fsp3) is 0. The maximum absolute atomic E-state index is 0. The zero-order valence-electron chi connectivity index (χ0n) is 2.41. The second-order valence-corrected chi connectivity index (χ2v) is 0. The Balaban J connectivity index is 0. The summed E-state index contributed by atoms with van der Waals surface area (Å²) in [6.45, 7) is 0. The average Bonchev–Trinajstić information content (AvgIpc) is 0. The normalized spacial score (nSPS) is 0. The molecule has 8 N–H and O–H groups in total. The van der Waals surface area contributed by atoms with Crippen molar-refractivity contribution in [3.8, 4) is 0 Å². The van der Waals surface area contributed by atoms with Crippen molar-refractivity contribution < 1.29 is 39.3 Å². The third-order valence-corrected chi connectivity index (χ3v) is 0. The molecular weight excluding hydrogens is 116 g/mol. The van der Waals surface area contributed by atoms with E-state index in [0.717, 1.165) is 0 Å². The standard InChI is InChI=1S/Cr.4H2O/h;4*1H2/q+3;;;;. The molecule has 0 aliphatic heterocycles. The van der Waals surface area contributed by atoms with Crippen LogP contribution in [0.3, 0.4) is 0 Å². The Hall–Kier alpha value is 0.372. The third kappa shape index (κ3) is 177. The molecule has 1 radical (unpaired) electrons. The molecule has 35 valence electrons. The Kier molecular flexibility index (Phi) is 53100. The maximum Gasteiger partial charge on any atom is 3.00 e. The van der Waals surface area contributed by atoms with Gasteiger partial charge in [0.05, 0.1) is 0 Å². The SMILES string of the molecule is O.O.O.O.[Cr+3]. The van der Waals surface area contributed by atoms with E-state index in [0.29, 0.717) is 0 Å². The van der Waals surface area contributed by atoms with Crippen molar-refractivity contribution in [2.45, 2.75) is 0 Å². The number of hydrogen-bond acceptors (Lipinski definition) is 0. The molecule has 0 saturated carbocycles. The molecule has 5 heavy (non-hydrogen) atoms. The van der Waals surface area contributed by atoms with Gasteiger partial charge in [-0.15, -0.1) is 0 Å². The van der Waals surface area contributed by atoms with Crippen LogP contribution in [0.1, 0.15) is 0 Å². The molecule has 0 bridgehead atoms. The van der Waals surface area contributed by atoms with Gasteiger partial charge in [0.15, 0.2) is 0 Å². The predicted molar refractivity (Wildman–Crippen MR) is 14.5 cm³/mol. The minimum absolute atomic E-state index is 0. The summed E-state index contributed by atoms with van der Waals surface area (Å²) in [5.41, 5.74) is 0. The Morgan fingerprint density at radius 1 is 0.400 bits per heavy atom. The van der Waals surface area contributed by atoms with Crippen molar-refractivity contribution in [1.29, 1.82) is 0 Å². The van der Waals surface area contributed by atoms with Crippen LogP contribution in [-0.4, -0.2) is 21.9 Å². The smallest absolute Gasteiger partial charge is 0.412 e. The number of rotatable bonds is 0. The van der Waals surface area contributed by atoms with E-state index in [2.05, 4.69) is 0 Å². The van der Waals surface area contributed by atoms with Crippen LogP contribution in [-0.2, 0) is 17.4 Å². The van der Waals surface area contributed by atoms with Crippen LogP contribution in [0.2, 0.25) is 0 Å². The van der Waals surface area contributed by atoms with E-state index in [9.17, 15) is 0 Å². The van der Waals surface area contributed by atoms with Gasteiger partial charge in [-0.05, 0) is 0 Å². The molecule has 0 fully saturated rings. The van der Waals surface area contributed by atoms with E-state index in [1.807, 2.05) is 0 Å². The maximum atomic E-state index is 0. The molecule has 0 aromatic rings. The van der Waals surface area contributed by atoms with Gasteiger partial charge in [0.1, 0.15) is 0 Å². The Labute approximate surface area is 40.2 Å². The van der Waals surface area contributed by atoms with Crippen LogP contribution in [0, 0.1) is 0 Å². The van der Waals surface area contributed by atoms with Crippen LogP contribution in [0.4, 0.5) is 0 Å². The van der Waals surface area contributed by atoms with E-state index >= 15 is 0 Å². The van der Waals surface area contributed by atoms with Gasteiger partial charge in [-0.3, -0.25) is 0 Å². The van der Waals surface area contributed by atoms with E-state index < -0.39 is 0 Å². The molecule has 4 nitrogen and oxygen atoms in total. The summed E-state index contributed by atoms with van der Waals surface area (Å²) in [5, 5.41) is 0. The first-order chi connectivity index (χ1) is 0. The summed E-state index contributed by atoms with van der Waals surface area (Å²) >= 11 is 0. The van der Waals surface area contributed by atoms with Crippen molar-refractivity contribution in [3.63, 3.8) is 0 Å². The van der Waals surface area contributed by atoms with Crippen LogP contribution >= 0.6 is 0 Å². The summed E-state index contributed by atoms with van der Waals surface area (Å²) < 4.78 is 0.